The minimum absolute atomic E-state index is 0. The molecule has 0 heterocycles. The molecule has 0 aliphatic carbocycles. The van der Waals surface area contributed by atoms with Gasteiger partial charge in [0.1, 0.15) is 0 Å². The van der Waals surface area contributed by atoms with E-state index in [1.54, 1.807) is 0 Å². The van der Waals surface area contributed by atoms with Crippen molar-refractivity contribution in [3.05, 3.63) is 0 Å². The van der Waals surface area contributed by atoms with Gasteiger partial charge in [0.2, 0.25) is 0 Å². The Hall–Kier alpha value is 0.972. The average Bonchev–Trinajstić information content (AvgIpc) is 0. The Balaban J connectivity index is 0. The molecule has 0 bridgehead atoms. The molecule has 0 N–H and O–H groups in total. The predicted molar refractivity (Wildman–Crippen MR) is 1.37 cm³/mol. The summed E-state index contributed by atoms with van der Waals surface area (Å²) >= 11 is 0. The molecular formula is CrFeO2+. The van der Waals surface area contributed by atoms with Gasteiger partial charge in [0.25, 0.3) is 0 Å². The van der Waals surface area contributed by atoms with Gasteiger partial charge in [-0.3, -0.25) is 0 Å². The van der Waals surface area contributed by atoms with Crippen molar-refractivity contribution < 1.29 is 45.4 Å². The van der Waals surface area contributed by atoms with Crippen LogP contribution in [0.4, 0.5) is 0 Å². The summed E-state index contributed by atoms with van der Waals surface area (Å²) in [4.78, 5) is 0. The molecule has 0 saturated heterocycles. The zero-order valence-corrected chi connectivity index (χ0v) is 3.96. The Morgan fingerprint density at radius 2 is 0.750 bits per heavy atom. The smallest absolute Gasteiger partial charge is 2.00 e. The predicted octanol–water partition coefficient (Wildman–Crippen LogP) is -0.243. The quantitative estimate of drug-likeness (QED) is 0.416. The van der Waals surface area contributed by atoms with E-state index in [0.717, 1.165) is 0 Å². The first-order valence-electron chi connectivity index (χ1n) is 0. The van der Waals surface area contributed by atoms with Gasteiger partial charge in [0.05, 0.1) is 0 Å². The summed E-state index contributed by atoms with van der Waals surface area (Å²) in [6, 6.07) is 0. The zero-order valence-electron chi connectivity index (χ0n) is 1.58. The summed E-state index contributed by atoms with van der Waals surface area (Å²) < 4.78 is 0. The molecule has 0 fully saturated rings. The second-order valence-electron chi connectivity index (χ2n) is 0. The van der Waals surface area contributed by atoms with Gasteiger partial charge >= 0.3 is 34.4 Å². The van der Waals surface area contributed by atoms with E-state index in [-0.39, 0.29) is 45.4 Å². The fraction of sp³-hybridized carbons (Fsp3) is 0. The molecular weight excluding hydrogens is 140 g/mol. The molecule has 0 aromatic heterocycles. The van der Waals surface area contributed by atoms with Crippen LogP contribution in [-0.4, -0.2) is 0 Å². The van der Waals surface area contributed by atoms with Crippen molar-refractivity contribution in [1.82, 2.24) is 0 Å². The molecule has 0 saturated carbocycles. The Kier molecular flexibility index (Phi) is 771. The maximum Gasteiger partial charge on any atom is 3.00 e. The van der Waals surface area contributed by atoms with Crippen molar-refractivity contribution in [3.63, 3.8) is 0 Å². The third-order valence-corrected chi connectivity index (χ3v) is 0. The minimum atomic E-state index is 0. The van der Waals surface area contributed by atoms with E-state index >= 15 is 0 Å². The van der Waals surface area contributed by atoms with E-state index in [2.05, 4.69) is 0 Å². The van der Waals surface area contributed by atoms with E-state index in [0.29, 0.717) is 0 Å². The molecule has 0 aromatic rings. The second kappa shape index (κ2) is 37.1. The number of hydrogen-bond acceptors (Lipinski definition) is 0. The van der Waals surface area contributed by atoms with Gasteiger partial charge in [0, 0.05) is 0 Å². The van der Waals surface area contributed by atoms with Crippen LogP contribution in [0.1, 0.15) is 0 Å². The maximum atomic E-state index is 0. The van der Waals surface area contributed by atoms with Crippen LogP contribution < -0.4 is 0 Å². The molecule has 0 amide bonds. The molecule has 0 aliphatic heterocycles. The standard InChI is InChI=1S/Cr.Fe.2O/q+3;+2;2*-2. The summed E-state index contributed by atoms with van der Waals surface area (Å²) in [6.45, 7) is 0. The van der Waals surface area contributed by atoms with Gasteiger partial charge in [-0.25, -0.2) is 0 Å². The van der Waals surface area contributed by atoms with Crippen LogP contribution in [-0.2, 0) is 45.4 Å². The minimum Gasteiger partial charge on any atom is -2.00 e. The molecule has 0 atom stereocenters. The third kappa shape index (κ3) is 12.2. The normalized spacial score (nSPS) is 0. The topological polar surface area (TPSA) is 57.0 Å². The Morgan fingerprint density at radius 3 is 0.750 bits per heavy atom. The molecule has 4 heteroatoms. The van der Waals surface area contributed by atoms with E-state index in [1.807, 2.05) is 0 Å². The van der Waals surface area contributed by atoms with Crippen LogP contribution in [0.15, 0.2) is 0 Å². The van der Waals surface area contributed by atoms with Crippen molar-refractivity contribution in [2.45, 2.75) is 0 Å². The van der Waals surface area contributed by atoms with Crippen LogP contribution in [0.25, 0.3) is 0 Å². The first-order valence-corrected chi connectivity index (χ1v) is 0. The molecule has 1 radical (unpaired) electrons. The second-order valence-corrected chi connectivity index (χ2v) is 0. The van der Waals surface area contributed by atoms with Gasteiger partial charge in [-0.05, 0) is 0 Å². The Morgan fingerprint density at radius 1 is 0.750 bits per heavy atom. The maximum absolute atomic E-state index is 0. The molecule has 4 heavy (non-hydrogen) atoms. The summed E-state index contributed by atoms with van der Waals surface area (Å²) in [5, 5.41) is 0. The first-order chi connectivity index (χ1) is 0. The van der Waals surface area contributed by atoms with Crippen LogP contribution in [0, 0.1) is 0 Å². The van der Waals surface area contributed by atoms with E-state index in [9.17, 15) is 0 Å². The largest absolute Gasteiger partial charge is 3.00 e. The zero-order chi connectivity index (χ0) is 0. The Labute approximate surface area is 45.8 Å². The summed E-state index contributed by atoms with van der Waals surface area (Å²) in [5.41, 5.74) is 0. The van der Waals surface area contributed by atoms with Crippen molar-refractivity contribution in [3.8, 4) is 0 Å². The summed E-state index contributed by atoms with van der Waals surface area (Å²) in [5.74, 6) is 0. The van der Waals surface area contributed by atoms with Crippen molar-refractivity contribution in [2.24, 2.45) is 0 Å². The van der Waals surface area contributed by atoms with Crippen LogP contribution >= 0.6 is 0 Å². The Bertz CT molecular complexity index is 6.00. The fourth-order valence-electron chi connectivity index (χ4n) is 0. The first kappa shape index (κ1) is 83.0. The van der Waals surface area contributed by atoms with Crippen LogP contribution in [0.5, 0.6) is 0 Å². The molecule has 25 valence electrons. The van der Waals surface area contributed by atoms with Crippen molar-refractivity contribution in [2.75, 3.05) is 0 Å². The van der Waals surface area contributed by atoms with E-state index in [1.165, 1.54) is 0 Å². The molecule has 0 rings (SSSR count). The van der Waals surface area contributed by atoms with Gasteiger partial charge in [-0.2, -0.15) is 0 Å². The number of hydrogen-bond donors (Lipinski definition) is 0. The van der Waals surface area contributed by atoms with Crippen LogP contribution in [0.3, 0.4) is 0 Å². The van der Waals surface area contributed by atoms with Gasteiger partial charge in [0.15, 0.2) is 0 Å². The third-order valence-electron chi connectivity index (χ3n) is 0. The van der Waals surface area contributed by atoms with E-state index < -0.39 is 0 Å². The van der Waals surface area contributed by atoms with E-state index in [4.69, 9.17) is 0 Å². The molecule has 0 unspecified atom stereocenters. The average molecular weight is 140 g/mol. The molecule has 0 aromatic carbocycles. The SMILES string of the molecule is [Cr+3].[Fe+2].[O-2].[O-2]. The van der Waals surface area contributed by atoms with Crippen molar-refractivity contribution in [1.29, 1.82) is 0 Å². The van der Waals surface area contributed by atoms with Gasteiger partial charge < -0.3 is 11.0 Å². The molecule has 2 nitrogen and oxygen atoms in total. The van der Waals surface area contributed by atoms with Gasteiger partial charge in [-0.15, -0.1) is 0 Å². The monoisotopic (exact) mass is 140 g/mol. The van der Waals surface area contributed by atoms with Gasteiger partial charge in [-0.1, -0.05) is 0 Å². The number of rotatable bonds is 0. The summed E-state index contributed by atoms with van der Waals surface area (Å²) in [7, 11) is 0. The molecule has 0 aliphatic rings. The summed E-state index contributed by atoms with van der Waals surface area (Å²) in [6.07, 6.45) is 0. The van der Waals surface area contributed by atoms with Crippen molar-refractivity contribution >= 4 is 0 Å². The fourth-order valence-corrected chi connectivity index (χ4v) is 0. The molecule has 0 spiro atoms. The van der Waals surface area contributed by atoms with Crippen LogP contribution in [0.2, 0.25) is 0 Å².